The first-order chi connectivity index (χ1) is 7.93. The number of aromatic nitrogens is 2. The Hall–Kier alpha value is -1.39. The second-order valence-electron chi connectivity index (χ2n) is 5.04. The van der Waals surface area contributed by atoms with E-state index in [4.69, 9.17) is 4.52 Å². The van der Waals surface area contributed by atoms with Crippen LogP contribution >= 0.6 is 0 Å². The molecule has 0 saturated heterocycles. The Kier molecular flexibility index (Phi) is 4.66. The quantitative estimate of drug-likeness (QED) is 0.583. The van der Waals surface area contributed by atoms with Crippen molar-refractivity contribution in [1.29, 1.82) is 0 Å². The summed E-state index contributed by atoms with van der Waals surface area (Å²) in [6.07, 6.45) is 2.78. The monoisotopic (exact) mass is 240 g/mol. The second-order valence-corrected chi connectivity index (χ2v) is 5.04. The van der Waals surface area contributed by atoms with Gasteiger partial charge in [0.2, 0.25) is 5.89 Å². The number of rotatable bonds is 5. The molecule has 0 saturated carbocycles. The van der Waals surface area contributed by atoms with Crippen LogP contribution in [0.4, 0.5) is 0 Å². The van der Waals surface area contributed by atoms with Gasteiger partial charge < -0.3 is 9.26 Å². The van der Waals surface area contributed by atoms with E-state index in [1.807, 2.05) is 20.8 Å². The topological polar surface area (TPSA) is 65.2 Å². The van der Waals surface area contributed by atoms with Gasteiger partial charge in [-0.15, -0.1) is 0 Å². The van der Waals surface area contributed by atoms with Crippen LogP contribution in [0.5, 0.6) is 0 Å². The summed E-state index contributed by atoms with van der Waals surface area (Å²) in [7, 11) is 1.40. The summed E-state index contributed by atoms with van der Waals surface area (Å²) in [5.41, 5.74) is -0.0895. The summed E-state index contributed by atoms with van der Waals surface area (Å²) in [5, 5.41) is 3.94. The van der Waals surface area contributed by atoms with E-state index in [0.717, 1.165) is 18.7 Å². The van der Waals surface area contributed by atoms with E-state index in [1.165, 1.54) is 7.11 Å². The molecule has 0 aliphatic carbocycles. The molecule has 1 rings (SSSR count). The van der Waals surface area contributed by atoms with Crippen molar-refractivity contribution in [2.24, 2.45) is 0 Å². The van der Waals surface area contributed by atoms with Crippen LogP contribution in [0.3, 0.4) is 0 Å². The van der Waals surface area contributed by atoms with Gasteiger partial charge in [-0.25, -0.2) is 0 Å². The third-order valence-electron chi connectivity index (χ3n) is 2.39. The van der Waals surface area contributed by atoms with Crippen LogP contribution < -0.4 is 0 Å². The number of esters is 1. The van der Waals surface area contributed by atoms with Crippen molar-refractivity contribution in [1.82, 2.24) is 10.1 Å². The van der Waals surface area contributed by atoms with Crippen molar-refractivity contribution >= 4 is 5.97 Å². The molecule has 0 radical (unpaired) electrons. The van der Waals surface area contributed by atoms with E-state index in [9.17, 15) is 4.79 Å². The van der Waals surface area contributed by atoms with Crippen LogP contribution in [0.1, 0.15) is 51.7 Å². The Morgan fingerprint density at radius 1 is 1.35 bits per heavy atom. The SMILES string of the molecule is COC(=O)CCCCc1nc(C(C)(C)C)no1. The van der Waals surface area contributed by atoms with Gasteiger partial charge in [-0.1, -0.05) is 25.9 Å². The molecule has 0 aliphatic heterocycles. The lowest BCUT2D eigenvalue weighted by atomic mass is 9.96. The molecule has 1 aromatic heterocycles. The number of ether oxygens (including phenoxy) is 1. The van der Waals surface area contributed by atoms with E-state index >= 15 is 0 Å². The zero-order valence-electron chi connectivity index (χ0n) is 10.9. The third-order valence-corrected chi connectivity index (χ3v) is 2.39. The van der Waals surface area contributed by atoms with Crippen LogP contribution in [0.15, 0.2) is 4.52 Å². The minimum atomic E-state index is -0.175. The molecule has 0 fully saturated rings. The largest absolute Gasteiger partial charge is 0.469 e. The van der Waals surface area contributed by atoms with Crippen LogP contribution in [-0.4, -0.2) is 23.2 Å². The van der Waals surface area contributed by atoms with Gasteiger partial charge >= 0.3 is 5.97 Å². The third kappa shape index (κ3) is 4.54. The van der Waals surface area contributed by atoms with Crippen LogP contribution in [-0.2, 0) is 21.4 Å². The number of carbonyl (C=O) groups is 1. The van der Waals surface area contributed by atoms with Crippen molar-refractivity contribution < 1.29 is 14.1 Å². The number of nitrogens with zero attached hydrogens (tertiary/aromatic N) is 2. The van der Waals surface area contributed by atoms with E-state index in [0.29, 0.717) is 18.7 Å². The number of carbonyl (C=O) groups excluding carboxylic acids is 1. The van der Waals surface area contributed by atoms with Crippen molar-refractivity contribution in [2.45, 2.75) is 51.9 Å². The highest BCUT2D eigenvalue weighted by atomic mass is 16.5. The number of hydrogen-bond donors (Lipinski definition) is 0. The number of methoxy groups -OCH3 is 1. The molecule has 5 nitrogen and oxygen atoms in total. The Morgan fingerprint density at radius 2 is 2.06 bits per heavy atom. The predicted molar refractivity (Wildman–Crippen MR) is 62.6 cm³/mol. The Bertz CT molecular complexity index is 366. The average molecular weight is 240 g/mol. The number of unbranched alkanes of at least 4 members (excludes halogenated alkanes) is 1. The average Bonchev–Trinajstić information content (AvgIpc) is 2.72. The van der Waals surface area contributed by atoms with Gasteiger partial charge in [0.15, 0.2) is 5.82 Å². The first-order valence-electron chi connectivity index (χ1n) is 5.83. The van der Waals surface area contributed by atoms with Crippen molar-refractivity contribution in [2.75, 3.05) is 7.11 Å². The van der Waals surface area contributed by atoms with Gasteiger partial charge in [-0.05, 0) is 12.8 Å². The number of hydrogen-bond acceptors (Lipinski definition) is 5. The second kappa shape index (κ2) is 5.80. The Labute approximate surface area is 102 Å². The molecule has 0 bridgehead atoms. The summed E-state index contributed by atoms with van der Waals surface area (Å²) in [6.45, 7) is 6.12. The fraction of sp³-hybridized carbons (Fsp3) is 0.750. The minimum Gasteiger partial charge on any atom is -0.469 e. The predicted octanol–water partition coefficient (Wildman–Crippen LogP) is 2.25. The minimum absolute atomic E-state index is 0.0895. The molecule has 1 heterocycles. The van der Waals surface area contributed by atoms with Gasteiger partial charge in [0.05, 0.1) is 7.11 Å². The fourth-order valence-electron chi connectivity index (χ4n) is 1.31. The van der Waals surface area contributed by atoms with Crippen LogP contribution in [0.2, 0.25) is 0 Å². The first-order valence-corrected chi connectivity index (χ1v) is 5.83. The van der Waals surface area contributed by atoms with Gasteiger partial charge in [0.1, 0.15) is 0 Å². The maximum absolute atomic E-state index is 10.9. The summed E-state index contributed by atoms with van der Waals surface area (Å²) in [6, 6.07) is 0. The molecule has 0 spiro atoms. The highest BCUT2D eigenvalue weighted by Gasteiger charge is 2.20. The first kappa shape index (κ1) is 13.7. The van der Waals surface area contributed by atoms with Crippen LogP contribution in [0.25, 0.3) is 0 Å². The van der Waals surface area contributed by atoms with Gasteiger partial charge in [-0.2, -0.15) is 4.98 Å². The summed E-state index contributed by atoms with van der Waals surface area (Å²) >= 11 is 0. The Morgan fingerprint density at radius 3 is 2.59 bits per heavy atom. The van der Waals surface area contributed by atoms with Crippen LogP contribution in [0, 0.1) is 0 Å². The molecular formula is C12H20N2O3. The normalized spacial score (nSPS) is 11.5. The van der Waals surface area contributed by atoms with Crippen molar-refractivity contribution in [3.8, 4) is 0 Å². The maximum atomic E-state index is 10.9. The molecule has 5 heteroatoms. The molecule has 0 N–H and O–H groups in total. The van der Waals surface area contributed by atoms with Gasteiger partial charge in [-0.3, -0.25) is 4.79 Å². The molecule has 96 valence electrons. The molecule has 0 aliphatic rings. The zero-order chi connectivity index (χ0) is 12.9. The molecule has 0 unspecified atom stereocenters. The lowest BCUT2D eigenvalue weighted by Gasteiger charge is -2.10. The molecule has 1 aromatic rings. The lowest BCUT2D eigenvalue weighted by Crippen LogP contribution is -2.13. The lowest BCUT2D eigenvalue weighted by molar-refractivity contribution is -0.140. The molecule has 17 heavy (non-hydrogen) atoms. The maximum Gasteiger partial charge on any atom is 0.305 e. The smallest absolute Gasteiger partial charge is 0.305 e. The summed E-state index contributed by atoms with van der Waals surface area (Å²) in [5.74, 6) is 1.19. The number of aryl methyl sites for hydroxylation is 1. The molecule has 0 atom stereocenters. The van der Waals surface area contributed by atoms with Gasteiger partial charge in [0.25, 0.3) is 0 Å². The summed E-state index contributed by atoms with van der Waals surface area (Å²) in [4.78, 5) is 15.2. The fourth-order valence-corrected chi connectivity index (χ4v) is 1.31. The van der Waals surface area contributed by atoms with E-state index in [1.54, 1.807) is 0 Å². The van der Waals surface area contributed by atoms with E-state index < -0.39 is 0 Å². The highest BCUT2D eigenvalue weighted by Crippen LogP contribution is 2.18. The van der Waals surface area contributed by atoms with Gasteiger partial charge in [0, 0.05) is 18.3 Å². The standard InChI is InChI=1S/C12H20N2O3/c1-12(2,3)11-13-9(17-14-11)7-5-6-8-10(15)16-4/h5-8H2,1-4H3. The van der Waals surface area contributed by atoms with Crippen molar-refractivity contribution in [3.05, 3.63) is 11.7 Å². The summed E-state index contributed by atoms with van der Waals surface area (Å²) < 4.78 is 9.71. The Balaban J connectivity index is 2.33. The molecular weight excluding hydrogens is 220 g/mol. The zero-order valence-corrected chi connectivity index (χ0v) is 10.9. The molecule has 0 amide bonds. The highest BCUT2D eigenvalue weighted by molar-refractivity contribution is 5.68. The molecule has 0 aromatic carbocycles. The van der Waals surface area contributed by atoms with E-state index in [2.05, 4.69) is 14.9 Å². The van der Waals surface area contributed by atoms with E-state index in [-0.39, 0.29) is 11.4 Å². The van der Waals surface area contributed by atoms with Crippen molar-refractivity contribution in [3.63, 3.8) is 0 Å².